The number of likely N-dealkylation sites (tertiary alicyclic amines) is 1. The van der Waals surface area contributed by atoms with E-state index in [1.165, 1.54) is 6.20 Å². The highest BCUT2D eigenvalue weighted by molar-refractivity contribution is 6.33. The Morgan fingerprint density at radius 1 is 1.39 bits per heavy atom. The molecule has 2 aromatic heterocycles. The smallest absolute Gasteiger partial charge is 0.252 e. The maximum absolute atomic E-state index is 12.1. The summed E-state index contributed by atoms with van der Waals surface area (Å²) in [5, 5.41) is 3.37. The van der Waals surface area contributed by atoms with Crippen LogP contribution >= 0.6 is 11.6 Å². The SMILES string of the molecule is O=C(NCC1CCN(Cc2ncc[nH]2)CC1)c1ccncc1Cl. The second-order valence-corrected chi connectivity index (χ2v) is 6.23. The van der Waals surface area contributed by atoms with Crippen LogP contribution in [0.4, 0.5) is 0 Å². The molecule has 0 bridgehead atoms. The third kappa shape index (κ3) is 4.30. The maximum Gasteiger partial charge on any atom is 0.252 e. The Bertz CT molecular complexity index is 638. The topological polar surface area (TPSA) is 73.9 Å². The molecule has 0 spiro atoms. The molecule has 3 heterocycles. The van der Waals surface area contributed by atoms with Gasteiger partial charge in [0.25, 0.3) is 5.91 Å². The standard InChI is InChI=1S/C16H20ClN5O/c17-14-10-18-4-1-13(14)16(23)21-9-12-2-7-22(8-3-12)11-15-19-5-6-20-15/h1,4-6,10,12H,2-3,7-9,11H2,(H,19,20)(H,21,23). The molecule has 3 rings (SSSR count). The molecule has 1 aliphatic rings. The molecule has 23 heavy (non-hydrogen) atoms. The predicted molar refractivity (Wildman–Crippen MR) is 88.2 cm³/mol. The van der Waals surface area contributed by atoms with Gasteiger partial charge in [0.15, 0.2) is 0 Å². The molecule has 0 aromatic carbocycles. The quantitative estimate of drug-likeness (QED) is 0.878. The van der Waals surface area contributed by atoms with Crippen molar-refractivity contribution in [2.75, 3.05) is 19.6 Å². The fourth-order valence-electron chi connectivity index (χ4n) is 2.84. The van der Waals surface area contributed by atoms with Gasteiger partial charge in [-0.3, -0.25) is 14.7 Å². The molecule has 0 saturated carbocycles. The molecule has 1 saturated heterocycles. The Hall–Kier alpha value is -1.92. The van der Waals surface area contributed by atoms with E-state index < -0.39 is 0 Å². The van der Waals surface area contributed by atoms with Crippen molar-refractivity contribution in [1.29, 1.82) is 0 Å². The Kier molecular flexibility index (Phi) is 5.25. The number of amides is 1. The highest BCUT2D eigenvalue weighted by Gasteiger charge is 2.20. The van der Waals surface area contributed by atoms with Crippen LogP contribution in [0.3, 0.4) is 0 Å². The van der Waals surface area contributed by atoms with E-state index in [1.54, 1.807) is 18.5 Å². The molecule has 0 radical (unpaired) electrons. The highest BCUT2D eigenvalue weighted by Crippen LogP contribution is 2.18. The molecule has 2 aromatic rings. The van der Waals surface area contributed by atoms with Gasteiger partial charge in [0.2, 0.25) is 0 Å². The van der Waals surface area contributed by atoms with Crippen LogP contribution in [0.15, 0.2) is 30.9 Å². The van der Waals surface area contributed by atoms with Gasteiger partial charge in [-0.1, -0.05) is 11.6 Å². The van der Waals surface area contributed by atoms with Crippen LogP contribution in [0.1, 0.15) is 29.0 Å². The highest BCUT2D eigenvalue weighted by atomic mass is 35.5. The number of hydrogen-bond acceptors (Lipinski definition) is 4. The summed E-state index contributed by atoms with van der Waals surface area (Å²) in [6.45, 7) is 3.60. The van der Waals surface area contributed by atoms with Gasteiger partial charge in [0.05, 0.1) is 17.1 Å². The molecule has 7 heteroatoms. The largest absolute Gasteiger partial charge is 0.352 e. The summed E-state index contributed by atoms with van der Waals surface area (Å²) in [6, 6.07) is 1.64. The van der Waals surface area contributed by atoms with E-state index >= 15 is 0 Å². The first-order valence-corrected chi connectivity index (χ1v) is 8.18. The van der Waals surface area contributed by atoms with Crippen LogP contribution < -0.4 is 5.32 Å². The van der Waals surface area contributed by atoms with Gasteiger partial charge in [-0.25, -0.2) is 4.98 Å². The van der Waals surface area contributed by atoms with E-state index in [2.05, 4.69) is 25.2 Å². The van der Waals surface area contributed by atoms with Gasteiger partial charge in [-0.15, -0.1) is 0 Å². The molecular weight excluding hydrogens is 314 g/mol. The number of aromatic amines is 1. The number of carbonyl (C=O) groups excluding carboxylic acids is 1. The number of hydrogen-bond donors (Lipinski definition) is 2. The minimum Gasteiger partial charge on any atom is -0.352 e. The van der Waals surface area contributed by atoms with Gasteiger partial charge in [0, 0.05) is 31.3 Å². The monoisotopic (exact) mass is 333 g/mol. The van der Waals surface area contributed by atoms with Gasteiger partial charge < -0.3 is 10.3 Å². The summed E-state index contributed by atoms with van der Waals surface area (Å²) in [4.78, 5) is 25.8. The first-order chi connectivity index (χ1) is 11.2. The molecule has 122 valence electrons. The van der Waals surface area contributed by atoms with Crippen molar-refractivity contribution in [3.63, 3.8) is 0 Å². The molecular formula is C16H20ClN5O. The van der Waals surface area contributed by atoms with Crippen LogP contribution in [-0.2, 0) is 6.54 Å². The molecule has 0 aliphatic carbocycles. The molecule has 2 N–H and O–H groups in total. The van der Waals surface area contributed by atoms with Crippen molar-refractivity contribution in [2.45, 2.75) is 19.4 Å². The van der Waals surface area contributed by atoms with E-state index in [9.17, 15) is 4.79 Å². The van der Waals surface area contributed by atoms with Crippen molar-refractivity contribution in [3.8, 4) is 0 Å². The fourth-order valence-corrected chi connectivity index (χ4v) is 3.04. The second kappa shape index (κ2) is 7.57. The number of rotatable bonds is 5. The summed E-state index contributed by atoms with van der Waals surface area (Å²) in [5.41, 5.74) is 0.483. The Balaban J connectivity index is 1.42. The third-order valence-electron chi connectivity index (χ3n) is 4.20. The first-order valence-electron chi connectivity index (χ1n) is 7.80. The zero-order valence-corrected chi connectivity index (χ0v) is 13.6. The van der Waals surface area contributed by atoms with Crippen LogP contribution in [-0.4, -0.2) is 45.4 Å². The van der Waals surface area contributed by atoms with Crippen molar-refractivity contribution in [3.05, 3.63) is 47.3 Å². The lowest BCUT2D eigenvalue weighted by atomic mass is 9.96. The number of carbonyl (C=O) groups is 1. The second-order valence-electron chi connectivity index (χ2n) is 5.82. The molecule has 1 aliphatic heterocycles. The van der Waals surface area contributed by atoms with Crippen LogP contribution in [0.5, 0.6) is 0 Å². The average molecular weight is 334 g/mol. The number of pyridine rings is 1. The maximum atomic E-state index is 12.1. The fraction of sp³-hybridized carbons (Fsp3) is 0.438. The molecule has 0 atom stereocenters. The number of imidazole rings is 1. The van der Waals surface area contributed by atoms with E-state index in [4.69, 9.17) is 11.6 Å². The Morgan fingerprint density at radius 2 is 2.22 bits per heavy atom. The van der Waals surface area contributed by atoms with E-state index in [1.807, 2.05) is 6.20 Å². The predicted octanol–water partition coefficient (Wildman–Crippen LogP) is 2.10. The lowest BCUT2D eigenvalue weighted by Crippen LogP contribution is -2.38. The van der Waals surface area contributed by atoms with Gasteiger partial charge >= 0.3 is 0 Å². The molecule has 1 amide bonds. The van der Waals surface area contributed by atoms with Gasteiger partial charge in [0.1, 0.15) is 5.82 Å². The third-order valence-corrected chi connectivity index (χ3v) is 4.50. The first kappa shape index (κ1) is 16.0. The van der Waals surface area contributed by atoms with Crippen LogP contribution in [0.25, 0.3) is 0 Å². The molecule has 0 unspecified atom stereocenters. The normalized spacial score (nSPS) is 16.4. The number of H-pyrrole nitrogens is 1. The van der Waals surface area contributed by atoms with Crippen molar-refractivity contribution < 1.29 is 4.79 Å². The minimum absolute atomic E-state index is 0.129. The average Bonchev–Trinajstić information content (AvgIpc) is 3.07. The van der Waals surface area contributed by atoms with Crippen LogP contribution in [0, 0.1) is 5.92 Å². The number of nitrogens with zero attached hydrogens (tertiary/aromatic N) is 3. The Labute approximate surface area is 140 Å². The van der Waals surface area contributed by atoms with E-state index in [0.29, 0.717) is 23.0 Å². The van der Waals surface area contributed by atoms with Gasteiger partial charge in [-0.05, 0) is 37.9 Å². The number of aromatic nitrogens is 3. The summed E-state index contributed by atoms with van der Waals surface area (Å²) < 4.78 is 0. The Morgan fingerprint density at radius 3 is 2.91 bits per heavy atom. The summed E-state index contributed by atoms with van der Waals surface area (Å²) in [6.07, 6.45) is 8.84. The van der Waals surface area contributed by atoms with E-state index in [0.717, 1.165) is 38.3 Å². The molecule has 6 nitrogen and oxygen atoms in total. The van der Waals surface area contributed by atoms with E-state index in [-0.39, 0.29) is 5.91 Å². The number of piperidine rings is 1. The number of halogens is 1. The minimum atomic E-state index is -0.129. The number of nitrogens with one attached hydrogen (secondary N) is 2. The zero-order valence-electron chi connectivity index (χ0n) is 12.8. The van der Waals surface area contributed by atoms with Crippen molar-refractivity contribution in [2.24, 2.45) is 5.92 Å². The summed E-state index contributed by atoms with van der Waals surface area (Å²) in [7, 11) is 0. The lowest BCUT2D eigenvalue weighted by molar-refractivity contribution is 0.0935. The van der Waals surface area contributed by atoms with Crippen molar-refractivity contribution in [1.82, 2.24) is 25.2 Å². The summed E-state index contributed by atoms with van der Waals surface area (Å²) in [5.74, 6) is 1.38. The summed E-state index contributed by atoms with van der Waals surface area (Å²) >= 11 is 5.99. The zero-order chi connectivity index (χ0) is 16.1. The van der Waals surface area contributed by atoms with Crippen molar-refractivity contribution >= 4 is 17.5 Å². The molecule has 1 fully saturated rings. The van der Waals surface area contributed by atoms with Crippen LogP contribution in [0.2, 0.25) is 5.02 Å². The van der Waals surface area contributed by atoms with Gasteiger partial charge in [-0.2, -0.15) is 0 Å². The lowest BCUT2D eigenvalue weighted by Gasteiger charge is -2.31.